The van der Waals surface area contributed by atoms with Gasteiger partial charge in [-0.3, -0.25) is 10.1 Å². The van der Waals surface area contributed by atoms with Crippen molar-refractivity contribution in [1.82, 2.24) is 16.0 Å². The van der Waals surface area contributed by atoms with E-state index in [-0.39, 0.29) is 11.9 Å². The highest BCUT2D eigenvalue weighted by atomic mass is 16.2. The van der Waals surface area contributed by atoms with Crippen molar-refractivity contribution in [3.8, 4) is 0 Å². The Kier molecular flexibility index (Phi) is 6.28. The largest absolute Gasteiger partial charge is 0.338 e. The second kappa shape index (κ2) is 7.48. The van der Waals surface area contributed by atoms with Crippen molar-refractivity contribution < 1.29 is 9.59 Å². The van der Waals surface area contributed by atoms with E-state index < -0.39 is 6.03 Å². The fourth-order valence-electron chi connectivity index (χ4n) is 2.88. The van der Waals surface area contributed by atoms with Gasteiger partial charge in [0.15, 0.2) is 0 Å². The summed E-state index contributed by atoms with van der Waals surface area (Å²) in [6.07, 6.45) is 3.53. The molecule has 0 radical (unpaired) electrons. The second-order valence-electron chi connectivity index (χ2n) is 5.45. The Labute approximate surface area is 115 Å². The number of carbonyl (C=O) groups excluding carboxylic acids is 2. The molecule has 0 spiro atoms. The summed E-state index contributed by atoms with van der Waals surface area (Å²) in [4.78, 5) is 23.1. The van der Waals surface area contributed by atoms with Crippen LogP contribution in [0.3, 0.4) is 0 Å². The standard InChI is InChI=1S/C14H27N3O2/c1-5-11-7-8-12(9(11)3)16-10(4)13(18)17-14(19)15-6-2/h9-12,16H,5-8H2,1-4H3,(H2,15,17,18,19). The van der Waals surface area contributed by atoms with Crippen molar-refractivity contribution in [3.63, 3.8) is 0 Å². The Morgan fingerprint density at radius 1 is 1.26 bits per heavy atom. The molecule has 5 nitrogen and oxygen atoms in total. The van der Waals surface area contributed by atoms with E-state index in [9.17, 15) is 9.59 Å². The number of carbonyl (C=O) groups is 2. The molecule has 5 heteroatoms. The lowest BCUT2D eigenvalue weighted by molar-refractivity contribution is -0.121. The third-order valence-corrected chi connectivity index (χ3v) is 4.18. The van der Waals surface area contributed by atoms with Gasteiger partial charge in [0.05, 0.1) is 6.04 Å². The monoisotopic (exact) mass is 269 g/mol. The smallest absolute Gasteiger partial charge is 0.321 e. The Bertz CT molecular complexity index is 320. The molecule has 0 saturated heterocycles. The van der Waals surface area contributed by atoms with Crippen molar-refractivity contribution >= 4 is 11.9 Å². The second-order valence-corrected chi connectivity index (χ2v) is 5.45. The minimum atomic E-state index is -0.424. The van der Waals surface area contributed by atoms with Gasteiger partial charge >= 0.3 is 6.03 Å². The number of hydrogen-bond acceptors (Lipinski definition) is 3. The summed E-state index contributed by atoms with van der Waals surface area (Å²) in [5.74, 6) is 1.07. The SMILES string of the molecule is CCNC(=O)NC(=O)C(C)NC1CCC(CC)C1C. The number of imide groups is 1. The van der Waals surface area contributed by atoms with E-state index in [2.05, 4.69) is 29.8 Å². The van der Waals surface area contributed by atoms with Gasteiger partial charge in [-0.25, -0.2) is 4.79 Å². The zero-order chi connectivity index (χ0) is 14.4. The van der Waals surface area contributed by atoms with Crippen molar-refractivity contribution in [2.45, 2.75) is 59.0 Å². The highest BCUT2D eigenvalue weighted by molar-refractivity contribution is 5.96. The van der Waals surface area contributed by atoms with Gasteiger partial charge in [0, 0.05) is 12.6 Å². The first-order valence-corrected chi connectivity index (χ1v) is 7.34. The van der Waals surface area contributed by atoms with Crippen LogP contribution in [0.25, 0.3) is 0 Å². The van der Waals surface area contributed by atoms with Crippen LogP contribution in [0.5, 0.6) is 0 Å². The molecule has 0 aromatic rings. The average Bonchev–Trinajstić information content (AvgIpc) is 2.70. The quantitative estimate of drug-likeness (QED) is 0.710. The highest BCUT2D eigenvalue weighted by Crippen LogP contribution is 2.33. The van der Waals surface area contributed by atoms with Crippen LogP contribution in [0, 0.1) is 11.8 Å². The first kappa shape index (κ1) is 16.0. The van der Waals surface area contributed by atoms with E-state index in [0.717, 1.165) is 12.3 Å². The number of amides is 3. The predicted molar refractivity (Wildman–Crippen MR) is 75.8 cm³/mol. The molecule has 0 aliphatic heterocycles. The Balaban J connectivity index is 2.40. The molecule has 1 aliphatic rings. The lowest BCUT2D eigenvalue weighted by Crippen LogP contribution is -2.51. The molecule has 4 unspecified atom stereocenters. The van der Waals surface area contributed by atoms with Crippen LogP contribution in [0.1, 0.15) is 47.0 Å². The summed E-state index contributed by atoms with van der Waals surface area (Å²) in [7, 11) is 0. The van der Waals surface area contributed by atoms with Gasteiger partial charge < -0.3 is 10.6 Å². The van der Waals surface area contributed by atoms with Gasteiger partial charge in [-0.05, 0) is 38.5 Å². The van der Waals surface area contributed by atoms with E-state index in [1.807, 2.05) is 6.92 Å². The minimum Gasteiger partial charge on any atom is -0.338 e. The van der Waals surface area contributed by atoms with Gasteiger partial charge in [-0.2, -0.15) is 0 Å². The first-order valence-electron chi connectivity index (χ1n) is 7.34. The van der Waals surface area contributed by atoms with Crippen molar-refractivity contribution in [1.29, 1.82) is 0 Å². The number of rotatable bonds is 5. The Hall–Kier alpha value is -1.10. The van der Waals surface area contributed by atoms with Crippen LogP contribution in [-0.4, -0.2) is 30.6 Å². The summed E-state index contributed by atoms with van der Waals surface area (Å²) in [5, 5.41) is 8.24. The third kappa shape index (κ3) is 4.49. The van der Waals surface area contributed by atoms with Crippen LogP contribution >= 0.6 is 0 Å². The molecule has 1 fully saturated rings. The number of nitrogens with one attached hydrogen (secondary N) is 3. The summed E-state index contributed by atoms with van der Waals surface area (Å²) in [6, 6.07) is -0.391. The van der Waals surface area contributed by atoms with Crippen molar-refractivity contribution in [2.24, 2.45) is 11.8 Å². The van der Waals surface area contributed by atoms with E-state index in [4.69, 9.17) is 0 Å². The lowest BCUT2D eigenvalue weighted by atomic mass is 9.93. The van der Waals surface area contributed by atoms with Crippen LogP contribution in [0.4, 0.5) is 4.79 Å². The zero-order valence-corrected chi connectivity index (χ0v) is 12.5. The van der Waals surface area contributed by atoms with Gasteiger partial charge in [0.2, 0.25) is 5.91 Å². The summed E-state index contributed by atoms with van der Waals surface area (Å²) < 4.78 is 0. The number of urea groups is 1. The van der Waals surface area contributed by atoms with Crippen LogP contribution in [0.2, 0.25) is 0 Å². The molecule has 1 rings (SSSR count). The topological polar surface area (TPSA) is 70.2 Å². The van der Waals surface area contributed by atoms with Crippen LogP contribution in [-0.2, 0) is 4.79 Å². The normalized spacial score (nSPS) is 27.9. The van der Waals surface area contributed by atoms with Gasteiger partial charge in [-0.1, -0.05) is 20.3 Å². The maximum atomic E-state index is 11.8. The summed E-state index contributed by atoms with van der Waals surface area (Å²) in [6.45, 7) is 8.60. The van der Waals surface area contributed by atoms with E-state index in [0.29, 0.717) is 18.5 Å². The van der Waals surface area contributed by atoms with Crippen molar-refractivity contribution in [2.75, 3.05) is 6.54 Å². The number of hydrogen-bond donors (Lipinski definition) is 3. The van der Waals surface area contributed by atoms with E-state index in [1.165, 1.54) is 12.8 Å². The molecule has 0 aromatic carbocycles. The predicted octanol–water partition coefficient (Wildman–Crippen LogP) is 1.63. The lowest BCUT2D eigenvalue weighted by Gasteiger charge is -2.24. The molecule has 1 saturated carbocycles. The molecule has 3 N–H and O–H groups in total. The molecule has 4 atom stereocenters. The molecule has 0 aromatic heterocycles. The highest BCUT2D eigenvalue weighted by Gasteiger charge is 2.33. The fourth-order valence-corrected chi connectivity index (χ4v) is 2.88. The zero-order valence-electron chi connectivity index (χ0n) is 12.5. The van der Waals surface area contributed by atoms with Gasteiger partial charge in [0.25, 0.3) is 0 Å². The molecule has 3 amide bonds. The summed E-state index contributed by atoms with van der Waals surface area (Å²) in [5.41, 5.74) is 0. The Morgan fingerprint density at radius 2 is 1.95 bits per heavy atom. The molecular weight excluding hydrogens is 242 g/mol. The first-order chi connectivity index (χ1) is 8.99. The molecule has 110 valence electrons. The van der Waals surface area contributed by atoms with E-state index >= 15 is 0 Å². The minimum absolute atomic E-state index is 0.266. The van der Waals surface area contributed by atoms with Crippen LogP contribution < -0.4 is 16.0 Å². The average molecular weight is 269 g/mol. The molecule has 19 heavy (non-hydrogen) atoms. The molecular formula is C14H27N3O2. The fraction of sp³-hybridized carbons (Fsp3) is 0.857. The maximum Gasteiger partial charge on any atom is 0.321 e. The third-order valence-electron chi connectivity index (χ3n) is 4.18. The van der Waals surface area contributed by atoms with Gasteiger partial charge in [-0.15, -0.1) is 0 Å². The Morgan fingerprint density at radius 3 is 2.47 bits per heavy atom. The van der Waals surface area contributed by atoms with Gasteiger partial charge in [0.1, 0.15) is 0 Å². The van der Waals surface area contributed by atoms with Crippen molar-refractivity contribution in [3.05, 3.63) is 0 Å². The summed E-state index contributed by atoms with van der Waals surface area (Å²) >= 11 is 0. The van der Waals surface area contributed by atoms with Crippen LogP contribution in [0.15, 0.2) is 0 Å². The molecule has 1 aliphatic carbocycles. The molecule has 0 heterocycles. The molecule has 0 bridgehead atoms. The maximum absolute atomic E-state index is 11.8. The van der Waals surface area contributed by atoms with E-state index in [1.54, 1.807) is 6.92 Å².